The maximum absolute atomic E-state index is 5.92. The summed E-state index contributed by atoms with van der Waals surface area (Å²) in [4.78, 5) is 4.25. The number of alkyl halides is 1. The minimum Gasteiger partial charge on any atom is -0.255 e. The molecule has 1 atom stereocenters. The average Bonchev–Trinajstić information content (AvgIpc) is 2.61. The first kappa shape index (κ1) is 7.88. The standard InChI is InChI=1S/C10H6ClN3/c11-10-9-8(13-14-10)7-4-2-1-3-6(7)5-12-9/h1-5,10H/t10-/m1/s1. The Morgan fingerprint density at radius 1 is 1.21 bits per heavy atom. The molecule has 68 valence electrons. The zero-order valence-electron chi connectivity index (χ0n) is 7.18. The first-order chi connectivity index (χ1) is 6.86. The number of benzene rings is 1. The fraction of sp³-hybridized carbons (Fsp3) is 0.100. The molecule has 1 aliphatic rings. The molecule has 0 aliphatic carbocycles. The fourth-order valence-electron chi connectivity index (χ4n) is 1.61. The van der Waals surface area contributed by atoms with E-state index in [1.807, 2.05) is 24.3 Å². The van der Waals surface area contributed by atoms with E-state index in [-0.39, 0.29) is 0 Å². The summed E-state index contributed by atoms with van der Waals surface area (Å²) >= 11 is 5.92. The average molecular weight is 204 g/mol. The number of hydrogen-bond acceptors (Lipinski definition) is 3. The number of halogens is 1. The Kier molecular flexibility index (Phi) is 1.55. The van der Waals surface area contributed by atoms with Gasteiger partial charge in [0.25, 0.3) is 0 Å². The van der Waals surface area contributed by atoms with E-state index >= 15 is 0 Å². The van der Waals surface area contributed by atoms with Gasteiger partial charge in [0.05, 0.1) is 0 Å². The summed E-state index contributed by atoms with van der Waals surface area (Å²) in [6.07, 6.45) is 1.81. The van der Waals surface area contributed by atoms with Gasteiger partial charge in [0.2, 0.25) is 0 Å². The second-order valence-corrected chi connectivity index (χ2v) is 3.54. The van der Waals surface area contributed by atoms with Crippen molar-refractivity contribution in [3.05, 3.63) is 36.2 Å². The number of fused-ring (bicyclic) bond motifs is 3. The van der Waals surface area contributed by atoms with Gasteiger partial charge in [0.15, 0.2) is 5.50 Å². The third-order valence-corrected chi connectivity index (χ3v) is 2.58. The quantitative estimate of drug-likeness (QED) is 0.476. The lowest BCUT2D eigenvalue weighted by Gasteiger charge is -2.01. The van der Waals surface area contributed by atoms with E-state index in [4.69, 9.17) is 11.6 Å². The van der Waals surface area contributed by atoms with Gasteiger partial charge in [-0.25, -0.2) is 0 Å². The molecule has 0 fully saturated rings. The molecule has 0 radical (unpaired) electrons. The molecule has 1 aromatic heterocycles. The van der Waals surface area contributed by atoms with Crippen LogP contribution in [0.15, 0.2) is 40.7 Å². The van der Waals surface area contributed by atoms with Crippen LogP contribution in [0.25, 0.3) is 10.8 Å². The second kappa shape index (κ2) is 2.75. The number of rotatable bonds is 0. The highest BCUT2D eigenvalue weighted by Gasteiger charge is 2.21. The molecule has 0 spiro atoms. The van der Waals surface area contributed by atoms with Crippen LogP contribution >= 0.6 is 11.6 Å². The van der Waals surface area contributed by atoms with Gasteiger partial charge in [-0.3, -0.25) is 4.98 Å². The Labute approximate surface area is 85.4 Å². The van der Waals surface area contributed by atoms with Crippen molar-refractivity contribution in [2.75, 3.05) is 0 Å². The summed E-state index contributed by atoms with van der Waals surface area (Å²) in [6.45, 7) is 0. The van der Waals surface area contributed by atoms with Crippen molar-refractivity contribution in [2.24, 2.45) is 10.2 Å². The van der Waals surface area contributed by atoms with Crippen LogP contribution in [0.3, 0.4) is 0 Å². The fourth-order valence-corrected chi connectivity index (χ4v) is 1.81. The summed E-state index contributed by atoms with van der Waals surface area (Å²) in [6, 6.07) is 7.95. The minimum atomic E-state index is -0.422. The van der Waals surface area contributed by atoms with Gasteiger partial charge in [-0.2, -0.15) is 10.2 Å². The summed E-state index contributed by atoms with van der Waals surface area (Å²) in [5.41, 5.74) is 1.14. The smallest absolute Gasteiger partial charge is 0.188 e. The van der Waals surface area contributed by atoms with Crippen LogP contribution in [-0.2, 0) is 0 Å². The summed E-state index contributed by atoms with van der Waals surface area (Å²) < 4.78 is 0. The summed E-state index contributed by atoms with van der Waals surface area (Å²) in [5, 5.41) is 10.0. The van der Waals surface area contributed by atoms with Gasteiger partial charge >= 0.3 is 0 Å². The van der Waals surface area contributed by atoms with Crippen molar-refractivity contribution in [1.29, 1.82) is 0 Å². The van der Waals surface area contributed by atoms with Crippen LogP contribution in [-0.4, -0.2) is 4.98 Å². The first-order valence-electron chi connectivity index (χ1n) is 4.29. The zero-order chi connectivity index (χ0) is 9.54. The van der Waals surface area contributed by atoms with Gasteiger partial charge in [-0.15, -0.1) is 0 Å². The monoisotopic (exact) mass is 203 g/mol. The molecule has 14 heavy (non-hydrogen) atoms. The number of azo groups is 1. The molecule has 2 heterocycles. The van der Waals surface area contributed by atoms with E-state index in [1.165, 1.54) is 0 Å². The van der Waals surface area contributed by atoms with Crippen molar-refractivity contribution in [3.8, 4) is 0 Å². The maximum atomic E-state index is 5.92. The summed E-state index contributed by atoms with van der Waals surface area (Å²) in [5.74, 6) is 0. The Bertz CT molecular complexity index is 536. The maximum Gasteiger partial charge on any atom is 0.188 e. The highest BCUT2D eigenvalue weighted by Crippen LogP contribution is 2.40. The molecule has 0 unspecified atom stereocenters. The van der Waals surface area contributed by atoms with E-state index in [1.54, 1.807) is 6.20 Å². The van der Waals surface area contributed by atoms with E-state index in [0.29, 0.717) is 0 Å². The van der Waals surface area contributed by atoms with E-state index in [2.05, 4.69) is 15.2 Å². The third kappa shape index (κ3) is 0.960. The molecule has 0 bridgehead atoms. The van der Waals surface area contributed by atoms with Crippen LogP contribution in [0.4, 0.5) is 5.69 Å². The highest BCUT2D eigenvalue weighted by molar-refractivity contribution is 6.21. The van der Waals surface area contributed by atoms with E-state index < -0.39 is 5.50 Å². The number of nitrogens with zero attached hydrogens (tertiary/aromatic N) is 3. The molecule has 0 N–H and O–H groups in total. The van der Waals surface area contributed by atoms with Crippen LogP contribution in [0.1, 0.15) is 11.2 Å². The van der Waals surface area contributed by atoms with Crippen LogP contribution in [0, 0.1) is 0 Å². The van der Waals surface area contributed by atoms with Crippen molar-refractivity contribution in [3.63, 3.8) is 0 Å². The van der Waals surface area contributed by atoms with Crippen LogP contribution < -0.4 is 0 Å². The molecular formula is C10H6ClN3. The largest absolute Gasteiger partial charge is 0.255 e. The molecule has 0 saturated heterocycles. The van der Waals surface area contributed by atoms with Gasteiger partial charge in [0.1, 0.15) is 11.4 Å². The van der Waals surface area contributed by atoms with Crippen LogP contribution in [0.2, 0.25) is 0 Å². The Morgan fingerprint density at radius 2 is 2.07 bits per heavy atom. The Hall–Kier alpha value is -1.48. The van der Waals surface area contributed by atoms with Crippen molar-refractivity contribution >= 4 is 28.1 Å². The molecule has 1 aromatic carbocycles. The van der Waals surface area contributed by atoms with E-state index in [9.17, 15) is 0 Å². The molecular weight excluding hydrogens is 198 g/mol. The number of hydrogen-bond donors (Lipinski definition) is 0. The molecule has 0 saturated carbocycles. The highest BCUT2D eigenvalue weighted by atomic mass is 35.5. The van der Waals surface area contributed by atoms with Crippen molar-refractivity contribution in [2.45, 2.75) is 5.50 Å². The lowest BCUT2D eigenvalue weighted by atomic mass is 10.1. The lowest BCUT2D eigenvalue weighted by molar-refractivity contribution is 0.955. The molecule has 2 aromatic rings. The SMILES string of the molecule is Cl[C@@H]1N=Nc2c1ncc1ccccc21. The molecule has 3 rings (SSSR count). The summed E-state index contributed by atoms with van der Waals surface area (Å²) in [7, 11) is 0. The lowest BCUT2D eigenvalue weighted by Crippen LogP contribution is -1.87. The van der Waals surface area contributed by atoms with E-state index in [0.717, 1.165) is 22.2 Å². The first-order valence-corrected chi connectivity index (χ1v) is 4.72. The molecule has 3 nitrogen and oxygen atoms in total. The second-order valence-electron chi connectivity index (χ2n) is 3.13. The topological polar surface area (TPSA) is 37.6 Å². The Balaban J connectivity index is 2.43. The van der Waals surface area contributed by atoms with Gasteiger partial charge in [0, 0.05) is 17.0 Å². The van der Waals surface area contributed by atoms with Gasteiger partial charge < -0.3 is 0 Å². The third-order valence-electron chi connectivity index (χ3n) is 2.29. The van der Waals surface area contributed by atoms with Crippen molar-refractivity contribution in [1.82, 2.24) is 4.98 Å². The van der Waals surface area contributed by atoms with Gasteiger partial charge in [-0.05, 0) is 0 Å². The molecule has 1 aliphatic heterocycles. The minimum absolute atomic E-state index is 0.422. The van der Waals surface area contributed by atoms with Crippen LogP contribution in [0.5, 0.6) is 0 Å². The Morgan fingerprint density at radius 3 is 3.00 bits per heavy atom. The normalized spacial score (nSPS) is 18.8. The number of aromatic nitrogens is 1. The molecule has 0 amide bonds. The predicted molar refractivity (Wildman–Crippen MR) is 54.9 cm³/mol. The zero-order valence-corrected chi connectivity index (χ0v) is 7.94. The number of pyridine rings is 1. The predicted octanol–water partition coefficient (Wildman–Crippen LogP) is 3.57. The molecule has 4 heteroatoms. The van der Waals surface area contributed by atoms with Gasteiger partial charge in [-0.1, -0.05) is 35.9 Å². The van der Waals surface area contributed by atoms with Crippen molar-refractivity contribution < 1.29 is 0 Å².